The highest BCUT2D eigenvalue weighted by Crippen LogP contribution is 2.20. The molecule has 0 radical (unpaired) electrons. The van der Waals surface area contributed by atoms with Crippen molar-refractivity contribution in [1.82, 2.24) is 9.80 Å². The van der Waals surface area contributed by atoms with E-state index in [1.807, 2.05) is 6.08 Å². The van der Waals surface area contributed by atoms with Gasteiger partial charge in [0.1, 0.15) is 0 Å². The van der Waals surface area contributed by atoms with E-state index in [1.165, 1.54) is 51.4 Å². The molecule has 1 rings (SSSR count). The SMILES string of the molecule is C=CCN1CCC(N(CCCC(C)CCCCCCCC)C(C)=O)CC1. The molecule has 1 unspecified atom stereocenters. The van der Waals surface area contributed by atoms with Gasteiger partial charge in [0.2, 0.25) is 5.91 Å². The largest absolute Gasteiger partial charge is 0.340 e. The van der Waals surface area contributed by atoms with Gasteiger partial charge < -0.3 is 4.90 Å². The zero-order valence-electron chi connectivity index (χ0n) is 17.8. The fourth-order valence-electron chi connectivity index (χ4n) is 4.22. The Balaban J connectivity index is 2.19. The second-order valence-electron chi connectivity index (χ2n) is 8.34. The second-order valence-corrected chi connectivity index (χ2v) is 8.34. The van der Waals surface area contributed by atoms with Crippen LogP contribution in [0.4, 0.5) is 0 Å². The van der Waals surface area contributed by atoms with Crippen molar-refractivity contribution in [3.63, 3.8) is 0 Å². The van der Waals surface area contributed by atoms with Crippen molar-refractivity contribution in [2.75, 3.05) is 26.2 Å². The molecule has 1 aliphatic heterocycles. The predicted octanol–water partition coefficient (Wildman–Crippen LogP) is 5.65. The Morgan fingerprint density at radius 3 is 2.35 bits per heavy atom. The van der Waals surface area contributed by atoms with Crippen LogP contribution in [0.25, 0.3) is 0 Å². The molecule has 0 N–H and O–H groups in total. The van der Waals surface area contributed by atoms with Crippen LogP contribution >= 0.6 is 0 Å². The van der Waals surface area contributed by atoms with Crippen LogP contribution in [0.15, 0.2) is 12.7 Å². The molecule has 0 aromatic rings. The van der Waals surface area contributed by atoms with Gasteiger partial charge in [-0.25, -0.2) is 0 Å². The fraction of sp³-hybridized carbons (Fsp3) is 0.870. The van der Waals surface area contributed by atoms with Crippen molar-refractivity contribution in [2.24, 2.45) is 5.92 Å². The molecule has 1 heterocycles. The van der Waals surface area contributed by atoms with E-state index in [4.69, 9.17) is 0 Å². The summed E-state index contributed by atoms with van der Waals surface area (Å²) in [6, 6.07) is 0.447. The van der Waals surface area contributed by atoms with E-state index < -0.39 is 0 Å². The van der Waals surface area contributed by atoms with Gasteiger partial charge in [-0.2, -0.15) is 0 Å². The first-order valence-corrected chi connectivity index (χ1v) is 11.2. The second kappa shape index (κ2) is 14.3. The lowest BCUT2D eigenvalue weighted by atomic mass is 9.96. The van der Waals surface area contributed by atoms with Crippen LogP contribution in [0.5, 0.6) is 0 Å². The summed E-state index contributed by atoms with van der Waals surface area (Å²) in [6.07, 6.45) is 16.3. The number of piperidine rings is 1. The highest BCUT2D eigenvalue weighted by molar-refractivity contribution is 5.73. The molecule has 1 aliphatic rings. The van der Waals surface area contributed by atoms with Crippen molar-refractivity contribution in [1.29, 1.82) is 0 Å². The third kappa shape index (κ3) is 9.75. The Morgan fingerprint density at radius 1 is 1.12 bits per heavy atom. The lowest BCUT2D eigenvalue weighted by Gasteiger charge is -2.38. The first-order chi connectivity index (χ1) is 12.6. The molecule has 0 aromatic heterocycles. The van der Waals surface area contributed by atoms with Crippen molar-refractivity contribution < 1.29 is 4.79 Å². The third-order valence-electron chi connectivity index (χ3n) is 5.94. The van der Waals surface area contributed by atoms with Gasteiger partial charge in [-0.3, -0.25) is 9.69 Å². The standard InChI is InChI=1S/C23H44N2O/c1-5-7-8-9-10-11-13-21(3)14-12-18-25(22(4)26)23-15-19-24(17-6-2)20-16-23/h6,21,23H,2,5,7-20H2,1,3-4H3. The van der Waals surface area contributed by atoms with Gasteiger partial charge >= 0.3 is 0 Å². The average molecular weight is 365 g/mol. The summed E-state index contributed by atoms with van der Waals surface area (Å²) in [5.41, 5.74) is 0. The van der Waals surface area contributed by atoms with E-state index >= 15 is 0 Å². The summed E-state index contributed by atoms with van der Waals surface area (Å²) in [4.78, 5) is 16.7. The number of hydrogen-bond acceptors (Lipinski definition) is 2. The van der Waals surface area contributed by atoms with Crippen LogP contribution in [-0.2, 0) is 4.79 Å². The molecule has 3 nitrogen and oxygen atoms in total. The van der Waals surface area contributed by atoms with E-state index in [0.717, 1.165) is 51.4 Å². The lowest BCUT2D eigenvalue weighted by molar-refractivity contribution is -0.132. The van der Waals surface area contributed by atoms with Gasteiger partial charge in [0.05, 0.1) is 0 Å². The molecule has 1 amide bonds. The Bertz CT molecular complexity index is 374. The summed E-state index contributed by atoms with van der Waals surface area (Å²) in [5.74, 6) is 1.06. The number of carbonyl (C=O) groups excluding carboxylic acids is 1. The Labute approximate surface area is 163 Å². The Hall–Kier alpha value is -0.830. The molecular formula is C23H44N2O. The molecule has 0 spiro atoms. The summed E-state index contributed by atoms with van der Waals surface area (Å²) in [5, 5.41) is 0. The van der Waals surface area contributed by atoms with Gasteiger partial charge in [0.15, 0.2) is 0 Å². The molecule has 1 fully saturated rings. The van der Waals surface area contributed by atoms with Crippen LogP contribution < -0.4 is 0 Å². The minimum absolute atomic E-state index is 0.260. The maximum absolute atomic E-state index is 12.1. The fourth-order valence-corrected chi connectivity index (χ4v) is 4.22. The minimum Gasteiger partial charge on any atom is -0.340 e. The zero-order chi connectivity index (χ0) is 19.2. The van der Waals surface area contributed by atoms with Crippen molar-refractivity contribution in [2.45, 2.75) is 97.4 Å². The summed E-state index contributed by atoms with van der Waals surface area (Å²) < 4.78 is 0. The molecule has 0 bridgehead atoms. The van der Waals surface area contributed by atoms with Gasteiger partial charge in [0.25, 0.3) is 0 Å². The highest BCUT2D eigenvalue weighted by atomic mass is 16.2. The van der Waals surface area contributed by atoms with E-state index in [2.05, 4.69) is 30.2 Å². The number of unbranched alkanes of at least 4 members (excludes halogenated alkanes) is 5. The minimum atomic E-state index is 0.260. The zero-order valence-corrected chi connectivity index (χ0v) is 17.8. The monoisotopic (exact) mass is 364 g/mol. The number of carbonyl (C=O) groups is 1. The highest BCUT2D eigenvalue weighted by Gasteiger charge is 2.25. The summed E-state index contributed by atoms with van der Waals surface area (Å²) in [7, 11) is 0. The molecule has 0 saturated carbocycles. The smallest absolute Gasteiger partial charge is 0.219 e. The Kier molecular flexibility index (Phi) is 12.7. The van der Waals surface area contributed by atoms with Crippen LogP contribution in [0.3, 0.4) is 0 Å². The van der Waals surface area contributed by atoms with Crippen LogP contribution in [0.1, 0.15) is 91.4 Å². The van der Waals surface area contributed by atoms with Gasteiger partial charge in [-0.05, 0) is 31.6 Å². The normalized spacial score (nSPS) is 17.2. The lowest BCUT2D eigenvalue weighted by Crippen LogP contribution is -2.47. The molecule has 1 atom stereocenters. The van der Waals surface area contributed by atoms with Crippen LogP contribution in [-0.4, -0.2) is 47.9 Å². The number of amides is 1. The maximum atomic E-state index is 12.1. The van der Waals surface area contributed by atoms with Gasteiger partial charge in [-0.1, -0.05) is 64.9 Å². The summed E-state index contributed by atoms with van der Waals surface area (Å²) in [6.45, 7) is 14.3. The number of rotatable bonds is 14. The molecule has 26 heavy (non-hydrogen) atoms. The Morgan fingerprint density at radius 2 is 1.73 bits per heavy atom. The molecule has 0 aromatic carbocycles. The van der Waals surface area contributed by atoms with Crippen molar-refractivity contribution >= 4 is 5.91 Å². The number of nitrogens with zero attached hydrogens (tertiary/aromatic N) is 2. The van der Waals surface area contributed by atoms with E-state index in [-0.39, 0.29) is 5.91 Å². The molecule has 3 heteroatoms. The molecule has 1 saturated heterocycles. The van der Waals surface area contributed by atoms with Gasteiger partial charge in [0, 0.05) is 39.1 Å². The van der Waals surface area contributed by atoms with Crippen LogP contribution in [0, 0.1) is 5.92 Å². The number of hydrogen-bond donors (Lipinski definition) is 0. The van der Waals surface area contributed by atoms with Crippen molar-refractivity contribution in [3.05, 3.63) is 12.7 Å². The van der Waals surface area contributed by atoms with E-state index in [9.17, 15) is 4.79 Å². The number of likely N-dealkylation sites (tertiary alicyclic amines) is 1. The predicted molar refractivity (Wildman–Crippen MR) is 113 cm³/mol. The first-order valence-electron chi connectivity index (χ1n) is 11.2. The average Bonchev–Trinajstić information content (AvgIpc) is 2.62. The van der Waals surface area contributed by atoms with Crippen LogP contribution in [0.2, 0.25) is 0 Å². The quantitative estimate of drug-likeness (QED) is 0.294. The first kappa shape index (κ1) is 23.2. The molecule has 0 aliphatic carbocycles. The van der Waals surface area contributed by atoms with E-state index in [1.54, 1.807) is 6.92 Å². The van der Waals surface area contributed by atoms with Gasteiger partial charge in [-0.15, -0.1) is 6.58 Å². The van der Waals surface area contributed by atoms with E-state index in [0.29, 0.717) is 6.04 Å². The maximum Gasteiger partial charge on any atom is 0.219 e. The molecular weight excluding hydrogens is 320 g/mol. The summed E-state index contributed by atoms with van der Waals surface area (Å²) >= 11 is 0. The molecule has 152 valence electrons. The topological polar surface area (TPSA) is 23.6 Å². The third-order valence-corrected chi connectivity index (χ3v) is 5.94. The van der Waals surface area contributed by atoms with Crippen molar-refractivity contribution in [3.8, 4) is 0 Å².